The van der Waals surface area contributed by atoms with Crippen molar-refractivity contribution in [3.63, 3.8) is 0 Å². The molecule has 29 heavy (non-hydrogen) atoms. The predicted octanol–water partition coefficient (Wildman–Crippen LogP) is 2.23. The Hall–Kier alpha value is -2.22. The van der Waals surface area contributed by atoms with E-state index in [2.05, 4.69) is 30.1 Å². The summed E-state index contributed by atoms with van der Waals surface area (Å²) in [5.41, 5.74) is 4.21. The van der Waals surface area contributed by atoms with Crippen molar-refractivity contribution in [3.05, 3.63) is 45.9 Å². The summed E-state index contributed by atoms with van der Waals surface area (Å²) in [7, 11) is 1.74. The predicted molar refractivity (Wildman–Crippen MR) is 108 cm³/mol. The average Bonchev–Trinajstić information content (AvgIpc) is 2.76. The summed E-state index contributed by atoms with van der Waals surface area (Å²) < 4.78 is 23.8. The molecule has 1 aromatic carbocycles. The normalized spacial score (nSPS) is 19.3. The summed E-state index contributed by atoms with van der Waals surface area (Å²) in [5, 5.41) is 0. The summed E-state index contributed by atoms with van der Waals surface area (Å²) in [4.78, 5) is 16.6. The summed E-state index contributed by atoms with van der Waals surface area (Å²) in [6, 6.07) is 8.35. The Morgan fingerprint density at radius 3 is 3.00 bits per heavy atom. The fraction of sp³-hybridized carbons (Fsp3) is 0.545. The lowest BCUT2D eigenvalue weighted by molar-refractivity contribution is -0.102. The number of rotatable bonds is 7. The Balaban J connectivity index is 1.53. The first-order valence-corrected chi connectivity index (χ1v) is 10.2. The highest BCUT2D eigenvalue weighted by molar-refractivity contribution is 5.67. The molecule has 0 bridgehead atoms. The van der Waals surface area contributed by atoms with Gasteiger partial charge >= 0.3 is 5.69 Å². The van der Waals surface area contributed by atoms with Crippen molar-refractivity contribution in [3.8, 4) is 17.1 Å². The van der Waals surface area contributed by atoms with Crippen LogP contribution in [0.3, 0.4) is 0 Å². The summed E-state index contributed by atoms with van der Waals surface area (Å²) in [6.45, 7) is 4.70. The van der Waals surface area contributed by atoms with E-state index in [9.17, 15) is 4.79 Å². The molecule has 7 heteroatoms. The second kappa shape index (κ2) is 9.07. The topological polar surface area (TPSA) is 71.8 Å². The van der Waals surface area contributed by atoms with Crippen molar-refractivity contribution in [2.45, 2.75) is 44.9 Å². The minimum Gasteiger partial charge on any atom is -0.475 e. The Bertz CT molecular complexity index is 905. The number of hydrogen-bond acceptors (Lipinski definition) is 6. The maximum atomic E-state index is 12.5. The van der Waals surface area contributed by atoms with Crippen LogP contribution in [0.2, 0.25) is 0 Å². The molecule has 2 aromatic rings. The van der Waals surface area contributed by atoms with Gasteiger partial charge in [-0.15, -0.1) is 0 Å². The maximum Gasteiger partial charge on any atom is 0.351 e. The molecule has 1 aromatic heterocycles. The molecule has 1 saturated heterocycles. The van der Waals surface area contributed by atoms with E-state index in [0.29, 0.717) is 38.9 Å². The van der Waals surface area contributed by atoms with Crippen molar-refractivity contribution >= 4 is 0 Å². The Kier molecular flexibility index (Phi) is 6.28. The van der Waals surface area contributed by atoms with E-state index in [1.54, 1.807) is 11.7 Å². The second-order valence-electron chi connectivity index (χ2n) is 7.62. The maximum absolute atomic E-state index is 12.5. The third kappa shape index (κ3) is 4.69. The van der Waals surface area contributed by atoms with Crippen LogP contribution in [0.25, 0.3) is 11.3 Å². The zero-order chi connectivity index (χ0) is 20.2. The number of fused-ring (bicyclic) bond motifs is 3. The average molecular weight is 400 g/mol. The van der Waals surface area contributed by atoms with Crippen molar-refractivity contribution < 1.29 is 18.9 Å². The van der Waals surface area contributed by atoms with Crippen LogP contribution in [0.1, 0.15) is 24.5 Å². The first-order chi connectivity index (χ1) is 14.1. The molecule has 2 unspecified atom stereocenters. The van der Waals surface area contributed by atoms with E-state index in [1.165, 1.54) is 11.1 Å². The van der Waals surface area contributed by atoms with Gasteiger partial charge in [0.25, 0.3) is 0 Å². The molecule has 0 N–H and O–H groups in total. The van der Waals surface area contributed by atoms with Crippen molar-refractivity contribution in [1.82, 2.24) is 9.55 Å². The zero-order valence-electron chi connectivity index (χ0n) is 17.1. The molecule has 0 spiro atoms. The Morgan fingerprint density at radius 2 is 2.21 bits per heavy atom. The van der Waals surface area contributed by atoms with Crippen LogP contribution in [0.5, 0.6) is 5.88 Å². The van der Waals surface area contributed by atoms with Gasteiger partial charge in [0, 0.05) is 25.3 Å². The number of aryl methyl sites for hydroxylation is 2. The standard InChI is InChI=1S/C22H28N2O5/c1-15(26-2)3-4-16-5-6-19-17(11-16)7-8-24-20(19)12-21(23-22(24)25)29-14-18-13-27-9-10-28-18/h5-6,11-12,15,18H,3-4,7-10,13-14H2,1-2H3. The van der Waals surface area contributed by atoms with Crippen molar-refractivity contribution in [2.75, 3.05) is 33.5 Å². The van der Waals surface area contributed by atoms with Gasteiger partial charge in [0.2, 0.25) is 5.88 Å². The molecule has 7 nitrogen and oxygen atoms in total. The number of ether oxygens (including phenoxy) is 4. The summed E-state index contributed by atoms with van der Waals surface area (Å²) >= 11 is 0. The van der Waals surface area contributed by atoms with Crippen LogP contribution in [0.4, 0.5) is 0 Å². The van der Waals surface area contributed by atoms with Crippen LogP contribution >= 0.6 is 0 Å². The largest absolute Gasteiger partial charge is 0.475 e. The summed E-state index contributed by atoms with van der Waals surface area (Å²) in [6.07, 6.45) is 2.90. The number of methoxy groups -OCH3 is 1. The molecule has 2 aliphatic heterocycles. The molecule has 2 aliphatic rings. The second-order valence-corrected chi connectivity index (χ2v) is 7.62. The minimum atomic E-state index is -0.276. The van der Waals surface area contributed by atoms with E-state index in [4.69, 9.17) is 18.9 Å². The van der Waals surface area contributed by atoms with Gasteiger partial charge in [0.15, 0.2) is 0 Å². The molecule has 0 aliphatic carbocycles. The van der Waals surface area contributed by atoms with E-state index < -0.39 is 0 Å². The zero-order valence-corrected chi connectivity index (χ0v) is 17.1. The highest BCUT2D eigenvalue weighted by atomic mass is 16.6. The van der Waals surface area contributed by atoms with Crippen molar-refractivity contribution in [1.29, 1.82) is 0 Å². The molecule has 156 valence electrons. The molecule has 3 heterocycles. The third-order valence-electron chi connectivity index (χ3n) is 5.58. The van der Waals surface area contributed by atoms with Gasteiger partial charge in [-0.1, -0.05) is 18.2 Å². The van der Waals surface area contributed by atoms with Gasteiger partial charge in [0.1, 0.15) is 12.7 Å². The van der Waals surface area contributed by atoms with Crippen molar-refractivity contribution in [2.24, 2.45) is 0 Å². The molecule has 0 amide bonds. The van der Waals surface area contributed by atoms with Crippen LogP contribution in [0.15, 0.2) is 29.1 Å². The Morgan fingerprint density at radius 1 is 1.31 bits per heavy atom. The highest BCUT2D eigenvalue weighted by Crippen LogP contribution is 2.30. The lowest BCUT2D eigenvalue weighted by Gasteiger charge is -2.24. The summed E-state index contributed by atoms with van der Waals surface area (Å²) in [5.74, 6) is 0.335. The van der Waals surface area contributed by atoms with Gasteiger partial charge in [-0.3, -0.25) is 4.57 Å². The number of aromatic nitrogens is 2. The number of hydrogen-bond donors (Lipinski definition) is 0. The lowest BCUT2D eigenvalue weighted by Crippen LogP contribution is -2.34. The quantitative estimate of drug-likeness (QED) is 0.710. The first-order valence-electron chi connectivity index (χ1n) is 10.2. The third-order valence-corrected chi connectivity index (χ3v) is 5.58. The van der Waals surface area contributed by atoms with Gasteiger partial charge < -0.3 is 18.9 Å². The van der Waals surface area contributed by atoms with Gasteiger partial charge in [-0.2, -0.15) is 4.98 Å². The Labute approximate surface area is 170 Å². The van der Waals surface area contributed by atoms with Crippen LogP contribution in [-0.4, -0.2) is 55.3 Å². The van der Waals surface area contributed by atoms with E-state index >= 15 is 0 Å². The fourth-order valence-electron chi connectivity index (χ4n) is 3.79. The fourth-order valence-corrected chi connectivity index (χ4v) is 3.79. The SMILES string of the molecule is COC(C)CCc1ccc2c(c1)CCn1c-2cc(OCC2COCCO2)nc1=O. The van der Waals surface area contributed by atoms with Crippen LogP contribution in [-0.2, 0) is 33.6 Å². The number of benzene rings is 1. The van der Waals surface area contributed by atoms with Crippen LogP contribution < -0.4 is 10.4 Å². The van der Waals surface area contributed by atoms with Gasteiger partial charge in [-0.25, -0.2) is 4.79 Å². The van der Waals surface area contributed by atoms with E-state index in [1.807, 2.05) is 6.07 Å². The molecule has 2 atom stereocenters. The molecule has 0 radical (unpaired) electrons. The molecule has 0 saturated carbocycles. The minimum absolute atomic E-state index is 0.131. The lowest BCUT2D eigenvalue weighted by atomic mass is 9.94. The van der Waals surface area contributed by atoms with E-state index in [-0.39, 0.29) is 17.9 Å². The van der Waals surface area contributed by atoms with Crippen LogP contribution in [0, 0.1) is 0 Å². The molecule has 4 rings (SSSR count). The smallest absolute Gasteiger partial charge is 0.351 e. The number of nitrogens with zero attached hydrogens (tertiary/aromatic N) is 2. The van der Waals surface area contributed by atoms with Gasteiger partial charge in [-0.05, 0) is 37.3 Å². The molecular weight excluding hydrogens is 372 g/mol. The first kappa shape index (κ1) is 20.1. The molecular formula is C22H28N2O5. The van der Waals surface area contributed by atoms with E-state index in [0.717, 1.165) is 30.5 Å². The monoisotopic (exact) mass is 400 g/mol. The highest BCUT2D eigenvalue weighted by Gasteiger charge is 2.21. The van der Waals surface area contributed by atoms with Gasteiger partial charge in [0.05, 0.1) is 31.6 Å². The molecule has 1 fully saturated rings.